The first-order valence-electron chi connectivity index (χ1n) is 9.14. The normalized spacial score (nSPS) is 16.3. The number of hydrogen-bond acceptors (Lipinski definition) is 6. The summed E-state index contributed by atoms with van der Waals surface area (Å²) in [5.41, 5.74) is 1.39. The molecule has 150 valence electrons. The Kier molecular flexibility index (Phi) is 5.90. The third-order valence-corrected chi connectivity index (χ3v) is 7.93. The van der Waals surface area contributed by atoms with Gasteiger partial charge in [0.25, 0.3) is 5.91 Å². The van der Waals surface area contributed by atoms with Crippen molar-refractivity contribution in [2.24, 2.45) is 5.92 Å². The number of methoxy groups -OCH3 is 1. The van der Waals surface area contributed by atoms with Crippen LogP contribution in [0.5, 0.6) is 0 Å². The van der Waals surface area contributed by atoms with Crippen LogP contribution in [-0.2, 0) is 27.4 Å². The fraction of sp³-hybridized carbons (Fsp3) is 0.400. The van der Waals surface area contributed by atoms with E-state index in [0.29, 0.717) is 16.5 Å². The predicted octanol–water partition coefficient (Wildman–Crippen LogP) is 3.71. The lowest BCUT2D eigenvalue weighted by atomic mass is 9.88. The molecule has 1 heterocycles. The van der Waals surface area contributed by atoms with Crippen LogP contribution in [0, 0.1) is 5.92 Å². The van der Waals surface area contributed by atoms with E-state index in [4.69, 9.17) is 4.74 Å². The van der Waals surface area contributed by atoms with E-state index in [2.05, 4.69) is 12.2 Å². The van der Waals surface area contributed by atoms with Gasteiger partial charge in [-0.1, -0.05) is 26.0 Å². The van der Waals surface area contributed by atoms with Crippen molar-refractivity contribution in [3.8, 4) is 0 Å². The molecule has 2 aromatic rings. The van der Waals surface area contributed by atoms with Gasteiger partial charge in [0.05, 0.1) is 28.9 Å². The molecule has 1 atom stereocenters. The number of hydrogen-bond donors (Lipinski definition) is 1. The van der Waals surface area contributed by atoms with Crippen molar-refractivity contribution in [3.63, 3.8) is 0 Å². The van der Waals surface area contributed by atoms with Crippen LogP contribution in [-0.4, -0.2) is 33.2 Å². The zero-order chi connectivity index (χ0) is 20.5. The number of thiophene rings is 1. The highest BCUT2D eigenvalue weighted by molar-refractivity contribution is 7.91. The van der Waals surface area contributed by atoms with Gasteiger partial charge in [-0.2, -0.15) is 0 Å². The molecule has 0 radical (unpaired) electrons. The molecule has 0 unspecified atom stereocenters. The van der Waals surface area contributed by atoms with Crippen molar-refractivity contribution in [3.05, 3.63) is 45.8 Å². The van der Waals surface area contributed by atoms with Crippen molar-refractivity contribution in [1.29, 1.82) is 0 Å². The second-order valence-electron chi connectivity index (χ2n) is 6.90. The maximum atomic E-state index is 12.9. The van der Waals surface area contributed by atoms with Gasteiger partial charge in [-0.25, -0.2) is 13.2 Å². The van der Waals surface area contributed by atoms with E-state index < -0.39 is 21.7 Å². The first-order chi connectivity index (χ1) is 13.3. The Morgan fingerprint density at radius 3 is 2.68 bits per heavy atom. The highest BCUT2D eigenvalue weighted by Gasteiger charge is 2.30. The predicted molar refractivity (Wildman–Crippen MR) is 109 cm³/mol. The van der Waals surface area contributed by atoms with E-state index in [1.807, 2.05) is 0 Å². The monoisotopic (exact) mass is 421 g/mol. The van der Waals surface area contributed by atoms with E-state index in [0.717, 1.165) is 29.7 Å². The zero-order valence-electron chi connectivity index (χ0n) is 16.1. The maximum absolute atomic E-state index is 12.9. The number of carbonyl (C=O) groups excluding carboxylic acids is 2. The summed E-state index contributed by atoms with van der Waals surface area (Å²) in [7, 11) is -2.24. The quantitative estimate of drug-likeness (QED) is 0.744. The summed E-state index contributed by atoms with van der Waals surface area (Å²) in [6, 6.07) is 6.11. The van der Waals surface area contributed by atoms with Crippen LogP contribution in [0.25, 0.3) is 0 Å². The minimum absolute atomic E-state index is 0.00967. The average Bonchev–Trinajstić information content (AvgIpc) is 3.04. The summed E-state index contributed by atoms with van der Waals surface area (Å²) >= 11 is 1.37. The molecule has 0 saturated carbocycles. The van der Waals surface area contributed by atoms with Crippen LogP contribution >= 0.6 is 11.3 Å². The third kappa shape index (κ3) is 3.84. The van der Waals surface area contributed by atoms with E-state index in [1.165, 1.54) is 37.5 Å². The fourth-order valence-electron chi connectivity index (χ4n) is 3.41. The van der Waals surface area contributed by atoms with Crippen molar-refractivity contribution in [2.75, 3.05) is 18.2 Å². The number of esters is 1. The Hall–Kier alpha value is -2.19. The number of anilines is 1. The number of ether oxygens (including phenoxy) is 1. The SMILES string of the molecule is CCS(=O)(=O)c1ccccc1C(=O)Nc1sc2c(c1C(=O)OC)CC[C@H](C)C2. The Balaban J connectivity index is 2.01. The van der Waals surface area contributed by atoms with Gasteiger partial charge in [0, 0.05) is 4.88 Å². The number of carbonyl (C=O) groups is 2. The largest absolute Gasteiger partial charge is 0.465 e. The van der Waals surface area contributed by atoms with Crippen LogP contribution in [0.4, 0.5) is 5.00 Å². The Labute approximate surface area is 168 Å². The summed E-state index contributed by atoms with van der Waals surface area (Å²) in [6.45, 7) is 3.69. The van der Waals surface area contributed by atoms with Gasteiger partial charge in [-0.3, -0.25) is 4.79 Å². The van der Waals surface area contributed by atoms with Gasteiger partial charge in [-0.05, 0) is 42.9 Å². The van der Waals surface area contributed by atoms with Gasteiger partial charge in [0.1, 0.15) is 5.00 Å². The molecule has 0 spiro atoms. The summed E-state index contributed by atoms with van der Waals surface area (Å²) < 4.78 is 29.6. The van der Waals surface area contributed by atoms with Crippen molar-refractivity contribution < 1.29 is 22.7 Å². The van der Waals surface area contributed by atoms with Crippen LogP contribution in [0.1, 0.15) is 51.4 Å². The smallest absolute Gasteiger partial charge is 0.341 e. The summed E-state index contributed by atoms with van der Waals surface area (Å²) in [5.74, 6) is -0.632. The molecule has 1 N–H and O–H groups in total. The number of fused-ring (bicyclic) bond motifs is 1. The van der Waals surface area contributed by atoms with Gasteiger partial charge < -0.3 is 10.1 Å². The molecule has 1 aromatic carbocycles. The molecule has 0 aliphatic heterocycles. The molecule has 0 bridgehead atoms. The molecular formula is C20H23NO5S2. The minimum Gasteiger partial charge on any atom is -0.465 e. The zero-order valence-corrected chi connectivity index (χ0v) is 17.7. The number of sulfone groups is 1. The lowest BCUT2D eigenvalue weighted by Gasteiger charge is -2.18. The van der Waals surface area contributed by atoms with E-state index >= 15 is 0 Å². The number of amides is 1. The molecule has 1 aromatic heterocycles. The summed E-state index contributed by atoms with van der Waals surface area (Å²) in [4.78, 5) is 26.4. The second kappa shape index (κ2) is 8.05. The van der Waals surface area contributed by atoms with Crippen molar-refractivity contribution >= 4 is 38.1 Å². The highest BCUT2D eigenvalue weighted by atomic mass is 32.2. The lowest BCUT2D eigenvalue weighted by Crippen LogP contribution is -2.18. The molecular weight excluding hydrogens is 398 g/mol. The van der Waals surface area contributed by atoms with Gasteiger partial charge in [-0.15, -0.1) is 11.3 Å². The average molecular weight is 422 g/mol. The molecule has 1 amide bonds. The van der Waals surface area contributed by atoms with Gasteiger partial charge >= 0.3 is 5.97 Å². The van der Waals surface area contributed by atoms with Gasteiger partial charge in [0.2, 0.25) is 0 Å². The third-order valence-electron chi connectivity index (χ3n) is 4.98. The Morgan fingerprint density at radius 2 is 2.00 bits per heavy atom. The number of benzene rings is 1. The molecule has 6 nitrogen and oxygen atoms in total. The summed E-state index contributed by atoms with van der Waals surface area (Å²) in [6.07, 6.45) is 2.58. The molecule has 0 fully saturated rings. The molecule has 1 aliphatic carbocycles. The molecule has 28 heavy (non-hydrogen) atoms. The summed E-state index contributed by atoms with van der Waals surface area (Å²) in [5, 5.41) is 3.18. The Morgan fingerprint density at radius 1 is 1.29 bits per heavy atom. The van der Waals surface area contributed by atoms with Crippen LogP contribution in [0.3, 0.4) is 0 Å². The van der Waals surface area contributed by atoms with Gasteiger partial charge in [0.15, 0.2) is 9.84 Å². The molecule has 3 rings (SSSR count). The molecule has 1 aliphatic rings. The van der Waals surface area contributed by atoms with E-state index in [9.17, 15) is 18.0 Å². The number of nitrogens with one attached hydrogen (secondary N) is 1. The second-order valence-corrected chi connectivity index (χ2v) is 10.3. The molecule has 8 heteroatoms. The Bertz CT molecular complexity index is 1020. The number of rotatable bonds is 5. The van der Waals surface area contributed by atoms with Crippen molar-refractivity contribution in [1.82, 2.24) is 0 Å². The van der Waals surface area contributed by atoms with E-state index in [1.54, 1.807) is 12.1 Å². The standard InChI is InChI=1S/C20H23NO5S2/c1-4-28(24,25)16-8-6-5-7-14(16)18(22)21-19-17(20(23)26-3)13-10-9-12(2)11-15(13)27-19/h5-8,12H,4,9-11H2,1-3H3,(H,21,22)/t12-/m0/s1. The topological polar surface area (TPSA) is 89.5 Å². The van der Waals surface area contributed by atoms with Crippen LogP contribution in [0.15, 0.2) is 29.2 Å². The first-order valence-corrected chi connectivity index (χ1v) is 11.6. The lowest BCUT2D eigenvalue weighted by molar-refractivity contribution is 0.0601. The van der Waals surface area contributed by atoms with Crippen molar-refractivity contribution in [2.45, 2.75) is 38.0 Å². The first kappa shape index (κ1) is 20.5. The fourth-order valence-corrected chi connectivity index (χ4v) is 5.89. The van der Waals surface area contributed by atoms with E-state index in [-0.39, 0.29) is 16.2 Å². The minimum atomic E-state index is -3.56. The highest BCUT2D eigenvalue weighted by Crippen LogP contribution is 2.40. The van der Waals surface area contributed by atoms with Crippen LogP contribution < -0.4 is 5.32 Å². The molecule has 0 saturated heterocycles. The maximum Gasteiger partial charge on any atom is 0.341 e. The van der Waals surface area contributed by atoms with Crippen LogP contribution in [0.2, 0.25) is 0 Å².